The van der Waals surface area contributed by atoms with Crippen LogP contribution in [0.1, 0.15) is 24.8 Å². The van der Waals surface area contributed by atoms with Gasteiger partial charge in [0.25, 0.3) is 0 Å². The summed E-state index contributed by atoms with van der Waals surface area (Å²) in [6.45, 7) is 4.66. The van der Waals surface area contributed by atoms with Crippen LogP contribution in [0.4, 0.5) is 0 Å². The third-order valence-electron chi connectivity index (χ3n) is 5.40. The van der Waals surface area contributed by atoms with Crippen molar-refractivity contribution in [1.29, 1.82) is 0 Å². The molecule has 0 N–H and O–H groups in total. The first-order chi connectivity index (χ1) is 12.0. The summed E-state index contributed by atoms with van der Waals surface area (Å²) in [6, 6.07) is 0. The van der Waals surface area contributed by atoms with E-state index < -0.39 is 0 Å². The lowest BCUT2D eigenvalue weighted by molar-refractivity contribution is -0.134. The van der Waals surface area contributed by atoms with E-state index in [0.717, 1.165) is 32.7 Å². The maximum atomic E-state index is 11.5. The number of aryl methyl sites for hydroxylation is 1. The van der Waals surface area contributed by atoms with E-state index in [-0.39, 0.29) is 18.6 Å². The van der Waals surface area contributed by atoms with Gasteiger partial charge in [-0.1, -0.05) is 0 Å². The molecule has 1 spiro atoms. The summed E-state index contributed by atoms with van der Waals surface area (Å²) in [4.78, 5) is 15.6. The number of hydrogen-bond acceptors (Lipinski definition) is 5. The van der Waals surface area contributed by atoms with Crippen LogP contribution in [0.3, 0.4) is 0 Å². The zero-order valence-electron chi connectivity index (χ0n) is 15.6. The monoisotopic (exact) mass is 350 g/mol. The molecule has 3 heterocycles. The Morgan fingerprint density at radius 2 is 2.20 bits per heavy atom. The first-order valence-electron chi connectivity index (χ1n) is 9.05. The number of likely N-dealkylation sites (tertiary alicyclic amines) is 1. The van der Waals surface area contributed by atoms with E-state index in [1.54, 1.807) is 19.0 Å². The summed E-state index contributed by atoms with van der Waals surface area (Å²) in [6.07, 6.45) is 7.54. The minimum absolute atomic E-state index is 0.00331. The number of carbonyl (C=O) groups is 1. The summed E-state index contributed by atoms with van der Waals surface area (Å²) in [5.41, 5.74) is 1.57. The van der Waals surface area contributed by atoms with E-state index in [2.05, 4.69) is 16.2 Å². The van der Waals surface area contributed by atoms with Gasteiger partial charge in [0, 0.05) is 39.4 Å². The predicted molar refractivity (Wildman–Crippen MR) is 94.0 cm³/mol. The molecule has 3 rings (SSSR count). The van der Waals surface area contributed by atoms with Gasteiger partial charge in [-0.05, 0) is 37.8 Å². The molecule has 2 fully saturated rings. The van der Waals surface area contributed by atoms with Crippen molar-refractivity contribution in [3.63, 3.8) is 0 Å². The number of amides is 1. The van der Waals surface area contributed by atoms with Crippen molar-refractivity contribution in [2.75, 3.05) is 47.0 Å². The quantitative estimate of drug-likeness (QED) is 0.763. The van der Waals surface area contributed by atoms with Gasteiger partial charge in [0.2, 0.25) is 5.91 Å². The van der Waals surface area contributed by atoms with Crippen LogP contribution in [0.5, 0.6) is 0 Å². The van der Waals surface area contributed by atoms with Gasteiger partial charge in [0.15, 0.2) is 0 Å². The number of likely N-dealkylation sites (N-methyl/N-ethyl adjacent to an activating group) is 1. The lowest BCUT2D eigenvalue weighted by Gasteiger charge is -2.38. The molecule has 1 aromatic heterocycles. The van der Waals surface area contributed by atoms with Crippen molar-refractivity contribution < 1.29 is 14.3 Å². The second-order valence-corrected chi connectivity index (χ2v) is 7.74. The summed E-state index contributed by atoms with van der Waals surface area (Å²) in [5, 5.41) is 4.24. The van der Waals surface area contributed by atoms with E-state index in [4.69, 9.17) is 9.47 Å². The van der Waals surface area contributed by atoms with Crippen LogP contribution in [0, 0.1) is 5.41 Å². The minimum Gasteiger partial charge on any atom is -0.375 e. The third-order valence-corrected chi connectivity index (χ3v) is 5.40. The summed E-state index contributed by atoms with van der Waals surface area (Å²) in [5.74, 6) is -0.00331. The van der Waals surface area contributed by atoms with Crippen molar-refractivity contribution in [2.24, 2.45) is 12.5 Å². The van der Waals surface area contributed by atoms with Crippen molar-refractivity contribution in [3.05, 3.63) is 18.0 Å². The van der Waals surface area contributed by atoms with Crippen LogP contribution in [-0.4, -0.2) is 78.6 Å². The first-order valence-corrected chi connectivity index (χ1v) is 9.05. The molecule has 0 bridgehead atoms. The number of aromatic nitrogens is 2. The maximum Gasteiger partial charge on any atom is 0.248 e. The second kappa shape index (κ2) is 7.85. The number of rotatable bonds is 6. The normalized spacial score (nSPS) is 23.2. The number of hydrogen-bond donors (Lipinski definition) is 0. The zero-order chi connectivity index (χ0) is 17.9. The number of piperidine rings is 1. The molecule has 1 aromatic rings. The maximum absolute atomic E-state index is 11.5. The Morgan fingerprint density at radius 1 is 1.44 bits per heavy atom. The SMILES string of the molecule is CN(C)C(=O)COC[C@@H]1CC2(CCN(Cc3cnn(C)c3)CC2)CO1. The highest BCUT2D eigenvalue weighted by atomic mass is 16.5. The average molecular weight is 350 g/mol. The molecule has 0 aliphatic carbocycles. The average Bonchev–Trinajstić information content (AvgIpc) is 3.16. The van der Waals surface area contributed by atoms with Gasteiger partial charge in [-0.25, -0.2) is 0 Å². The summed E-state index contributed by atoms with van der Waals surface area (Å²) in [7, 11) is 5.44. The van der Waals surface area contributed by atoms with E-state index in [0.29, 0.717) is 12.0 Å². The molecule has 7 heteroatoms. The van der Waals surface area contributed by atoms with Crippen molar-refractivity contribution >= 4 is 5.91 Å². The van der Waals surface area contributed by atoms with Crippen LogP contribution in [0.2, 0.25) is 0 Å². The Labute approximate surface area is 149 Å². The molecular weight excluding hydrogens is 320 g/mol. The Morgan fingerprint density at radius 3 is 2.84 bits per heavy atom. The van der Waals surface area contributed by atoms with Gasteiger partial charge >= 0.3 is 0 Å². The third kappa shape index (κ3) is 4.80. The molecule has 25 heavy (non-hydrogen) atoms. The van der Waals surface area contributed by atoms with Gasteiger partial charge < -0.3 is 14.4 Å². The highest BCUT2D eigenvalue weighted by Gasteiger charge is 2.42. The molecule has 140 valence electrons. The van der Waals surface area contributed by atoms with E-state index in [1.807, 2.05) is 17.9 Å². The largest absolute Gasteiger partial charge is 0.375 e. The van der Waals surface area contributed by atoms with E-state index in [1.165, 1.54) is 18.4 Å². The predicted octanol–water partition coefficient (Wildman–Crippen LogP) is 0.896. The van der Waals surface area contributed by atoms with Crippen LogP contribution < -0.4 is 0 Å². The molecule has 1 atom stereocenters. The van der Waals surface area contributed by atoms with Gasteiger partial charge in [-0.15, -0.1) is 0 Å². The number of carbonyl (C=O) groups excluding carboxylic acids is 1. The molecular formula is C18H30N4O3. The molecule has 0 saturated carbocycles. The van der Waals surface area contributed by atoms with Gasteiger partial charge in [-0.2, -0.15) is 5.10 Å². The minimum atomic E-state index is -0.00331. The van der Waals surface area contributed by atoms with E-state index in [9.17, 15) is 4.79 Å². The van der Waals surface area contributed by atoms with Gasteiger partial charge in [0.1, 0.15) is 6.61 Å². The fourth-order valence-electron chi connectivity index (χ4n) is 3.75. The fourth-order valence-corrected chi connectivity index (χ4v) is 3.75. The molecule has 1 amide bonds. The van der Waals surface area contributed by atoms with Crippen molar-refractivity contribution in [2.45, 2.75) is 31.9 Å². The molecule has 0 unspecified atom stereocenters. The summed E-state index contributed by atoms with van der Waals surface area (Å²) >= 11 is 0. The van der Waals surface area contributed by atoms with Gasteiger partial charge in [0.05, 0.1) is 25.5 Å². The lowest BCUT2D eigenvalue weighted by Crippen LogP contribution is -2.40. The molecule has 0 aromatic carbocycles. The molecule has 2 saturated heterocycles. The van der Waals surface area contributed by atoms with Crippen LogP contribution in [-0.2, 0) is 27.9 Å². The number of nitrogens with zero attached hydrogens (tertiary/aromatic N) is 4. The van der Waals surface area contributed by atoms with Crippen LogP contribution in [0.15, 0.2) is 12.4 Å². The smallest absolute Gasteiger partial charge is 0.248 e. The summed E-state index contributed by atoms with van der Waals surface area (Å²) < 4.78 is 13.4. The Balaban J connectivity index is 1.39. The molecule has 7 nitrogen and oxygen atoms in total. The molecule has 2 aliphatic heterocycles. The lowest BCUT2D eigenvalue weighted by atomic mass is 9.76. The van der Waals surface area contributed by atoms with Crippen LogP contribution in [0.25, 0.3) is 0 Å². The van der Waals surface area contributed by atoms with Crippen LogP contribution >= 0.6 is 0 Å². The zero-order valence-corrected chi connectivity index (χ0v) is 15.6. The number of ether oxygens (including phenoxy) is 2. The highest BCUT2D eigenvalue weighted by Crippen LogP contribution is 2.42. The Bertz CT molecular complexity index is 579. The fraction of sp³-hybridized carbons (Fsp3) is 0.778. The van der Waals surface area contributed by atoms with E-state index >= 15 is 0 Å². The Hall–Kier alpha value is -1.44. The first kappa shape index (κ1) is 18.4. The topological polar surface area (TPSA) is 59.8 Å². The van der Waals surface area contributed by atoms with Gasteiger partial charge in [-0.3, -0.25) is 14.4 Å². The highest BCUT2D eigenvalue weighted by molar-refractivity contribution is 5.76. The van der Waals surface area contributed by atoms with Crippen molar-refractivity contribution in [3.8, 4) is 0 Å². The Kier molecular flexibility index (Phi) is 5.76. The molecule has 0 radical (unpaired) electrons. The molecule has 2 aliphatic rings. The standard InChI is InChI=1S/C18H30N4O3/c1-20(2)17(23)13-24-12-16-8-18(14-25-16)4-6-22(7-5-18)11-15-9-19-21(3)10-15/h9-10,16H,4-8,11-14H2,1-3H3/t16-/m0/s1. The van der Waals surface area contributed by atoms with Crippen molar-refractivity contribution in [1.82, 2.24) is 19.6 Å². The second-order valence-electron chi connectivity index (χ2n) is 7.74.